The van der Waals surface area contributed by atoms with Crippen LogP contribution in [0, 0.1) is 23.7 Å². The molecule has 0 fully saturated rings. The Balaban J connectivity index is 2.36. The monoisotopic (exact) mass is 196 g/mol. The topological polar surface area (TPSA) is 9.23 Å². The van der Waals surface area contributed by atoms with Gasteiger partial charge in [-0.3, -0.25) is 0 Å². The molecule has 0 unspecified atom stereocenters. The molecule has 0 radical (unpaired) electrons. The minimum Gasteiger partial charge on any atom is -0.365 e. The summed E-state index contributed by atoms with van der Waals surface area (Å²) in [6.45, 7) is 4.46. The lowest BCUT2D eigenvalue weighted by Crippen LogP contribution is -1.89. The fraction of sp³-hybridized carbons (Fsp3) is 0.143. The third-order valence-corrected chi connectivity index (χ3v) is 1.54. The molecular formula is C14H12O. The van der Waals surface area contributed by atoms with E-state index in [9.17, 15) is 0 Å². The SMILES string of the molecule is C=CCOCC#CC#Cc1ccccc1. The maximum Gasteiger partial charge on any atom is 0.109 e. The summed E-state index contributed by atoms with van der Waals surface area (Å²) in [5, 5.41) is 0. The van der Waals surface area contributed by atoms with Crippen LogP contribution in [-0.4, -0.2) is 13.2 Å². The van der Waals surface area contributed by atoms with Gasteiger partial charge in [0.05, 0.1) is 6.61 Å². The zero-order valence-electron chi connectivity index (χ0n) is 8.49. The quantitative estimate of drug-likeness (QED) is 0.409. The molecule has 0 aliphatic rings. The van der Waals surface area contributed by atoms with Crippen LogP contribution in [-0.2, 0) is 4.74 Å². The summed E-state index contributed by atoms with van der Waals surface area (Å²) in [5.41, 5.74) is 0.971. The average molecular weight is 196 g/mol. The van der Waals surface area contributed by atoms with Gasteiger partial charge in [-0.05, 0) is 24.0 Å². The van der Waals surface area contributed by atoms with Crippen molar-refractivity contribution in [3.05, 3.63) is 48.6 Å². The summed E-state index contributed by atoms with van der Waals surface area (Å²) in [7, 11) is 0. The van der Waals surface area contributed by atoms with Crippen molar-refractivity contribution in [2.45, 2.75) is 0 Å². The molecule has 1 rings (SSSR count). The molecule has 0 spiro atoms. The van der Waals surface area contributed by atoms with Crippen LogP contribution in [0.5, 0.6) is 0 Å². The molecule has 0 aliphatic heterocycles. The third kappa shape index (κ3) is 5.37. The normalized spacial score (nSPS) is 8.00. The molecule has 1 nitrogen and oxygen atoms in total. The zero-order valence-corrected chi connectivity index (χ0v) is 8.49. The van der Waals surface area contributed by atoms with Crippen LogP contribution in [0.4, 0.5) is 0 Å². The summed E-state index contributed by atoms with van der Waals surface area (Å²) >= 11 is 0. The summed E-state index contributed by atoms with van der Waals surface area (Å²) in [4.78, 5) is 0. The maximum atomic E-state index is 5.08. The van der Waals surface area contributed by atoms with Gasteiger partial charge in [-0.25, -0.2) is 0 Å². The van der Waals surface area contributed by atoms with Gasteiger partial charge in [0.2, 0.25) is 0 Å². The van der Waals surface area contributed by atoms with E-state index in [0.29, 0.717) is 13.2 Å². The van der Waals surface area contributed by atoms with Gasteiger partial charge in [0.1, 0.15) is 6.61 Å². The van der Waals surface area contributed by atoms with E-state index in [-0.39, 0.29) is 0 Å². The Labute approximate surface area is 90.8 Å². The van der Waals surface area contributed by atoms with Crippen molar-refractivity contribution < 1.29 is 4.74 Å². The van der Waals surface area contributed by atoms with Crippen molar-refractivity contribution in [3.8, 4) is 23.7 Å². The molecule has 1 aromatic rings. The van der Waals surface area contributed by atoms with E-state index < -0.39 is 0 Å². The van der Waals surface area contributed by atoms with Crippen LogP contribution >= 0.6 is 0 Å². The van der Waals surface area contributed by atoms with Crippen molar-refractivity contribution in [2.75, 3.05) is 13.2 Å². The van der Waals surface area contributed by atoms with Crippen LogP contribution in [0.1, 0.15) is 5.56 Å². The molecule has 0 atom stereocenters. The van der Waals surface area contributed by atoms with Crippen LogP contribution in [0.2, 0.25) is 0 Å². The van der Waals surface area contributed by atoms with Crippen LogP contribution in [0.25, 0.3) is 0 Å². The molecule has 0 bridgehead atoms. The first kappa shape index (κ1) is 11.1. The molecule has 0 heterocycles. The zero-order chi connectivity index (χ0) is 10.8. The van der Waals surface area contributed by atoms with E-state index >= 15 is 0 Å². The van der Waals surface area contributed by atoms with Gasteiger partial charge in [0.15, 0.2) is 0 Å². The second-order valence-electron chi connectivity index (χ2n) is 2.72. The predicted molar refractivity (Wildman–Crippen MR) is 62.1 cm³/mol. The highest BCUT2D eigenvalue weighted by molar-refractivity contribution is 5.39. The lowest BCUT2D eigenvalue weighted by Gasteiger charge is -1.88. The number of ether oxygens (including phenoxy) is 1. The Bertz CT molecular complexity index is 409. The number of hydrogen-bond donors (Lipinski definition) is 0. The summed E-state index contributed by atoms with van der Waals surface area (Å²) in [6, 6.07) is 9.75. The Hall–Kier alpha value is -1.96. The molecular weight excluding hydrogens is 184 g/mol. The molecule has 0 N–H and O–H groups in total. The van der Waals surface area contributed by atoms with Gasteiger partial charge < -0.3 is 4.74 Å². The number of rotatable bonds is 3. The first-order valence-electron chi connectivity index (χ1n) is 4.66. The highest BCUT2D eigenvalue weighted by Gasteiger charge is 1.79. The average Bonchev–Trinajstić information content (AvgIpc) is 2.29. The van der Waals surface area contributed by atoms with Gasteiger partial charge in [-0.15, -0.1) is 6.58 Å². The third-order valence-electron chi connectivity index (χ3n) is 1.54. The van der Waals surface area contributed by atoms with Crippen LogP contribution in [0.15, 0.2) is 43.0 Å². The fourth-order valence-electron chi connectivity index (χ4n) is 0.898. The van der Waals surface area contributed by atoms with Gasteiger partial charge >= 0.3 is 0 Å². The molecule has 0 saturated heterocycles. The number of benzene rings is 1. The second kappa shape index (κ2) is 7.44. The molecule has 1 aromatic carbocycles. The molecule has 0 amide bonds. The molecule has 0 saturated carbocycles. The van der Waals surface area contributed by atoms with Crippen molar-refractivity contribution in [1.82, 2.24) is 0 Å². The molecule has 74 valence electrons. The van der Waals surface area contributed by atoms with Crippen molar-refractivity contribution >= 4 is 0 Å². The standard InChI is InChI=1S/C14H12O/c1-2-12-15-13-8-4-7-11-14-9-5-3-6-10-14/h2-3,5-6,9-10H,1,12-13H2. The molecule has 1 heteroatoms. The minimum absolute atomic E-state index is 0.398. The van der Waals surface area contributed by atoms with E-state index in [2.05, 4.69) is 30.3 Å². The second-order valence-corrected chi connectivity index (χ2v) is 2.72. The van der Waals surface area contributed by atoms with E-state index in [1.165, 1.54) is 0 Å². The summed E-state index contributed by atoms with van der Waals surface area (Å²) < 4.78 is 5.08. The highest BCUT2D eigenvalue weighted by Crippen LogP contribution is 1.93. The highest BCUT2D eigenvalue weighted by atomic mass is 16.5. The van der Waals surface area contributed by atoms with E-state index in [0.717, 1.165) is 5.56 Å². The van der Waals surface area contributed by atoms with Gasteiger partial charge in [-0.2, -0.15) is 0 Å². The Morgan fingerprint density at radius 2 is 2.00 bits per heavy atom. The first-order valence-corrected chi connectivity index (χ1v) is 4.66. The maximum absolute atomic E-state index is 5.08. The van der Waals surface area contributed by atoms with Gasteiger partial charge in [-0.1, -0.05) is 36.1 Å². The molecule has 15 heavy (non-hydrogen) atoms. The van der Waals surface area contributed by atoms with Gasteiger partial charge in [0.25, 0.3) is 0 Å². The van der Waals surface area contributed by atoms with Crippen molar-refractivity contribution in [2.24, 2.45) is 0 Å². The number of hydrogen-bond acceptors (Lipinski definition) is 1. The van der Waals surface area contributed by atoms with E-state index in [1.807, 2.05) is 30.3 Å². The Kier molecular flexibility index (Phi) is 5.52. The van der Waals surface area contributed by atoms with Gasteiger partial charge in [0, 0.05) is 5.56 Å². The smallest absolute Gasteiger partial charge is 0.109 e. The predicted octanol–water partition coefficient (Wildman–Crippen LogP) is 2.24. The summed E-state index contributed by atoms with van der Waals surface area (Å²) in [5.74, 6) is 11.2. The van der Waals surface area contributed by atoms with Crippen LogP contribution in [0.3, 0.4) is 0 Å². The van der Waals surface area contributed by atoms with Crippen molar-refractivity contribution in [1.29, 1.82) is 0 Å². The van der Waals surface area contributed by atoms with E-state index in [1.54, 1.807) is 6.08 Å². The first-order chi connectivity index (χ1) is 7.43. The largest absolute Gasteiger partial charge is 0.365 e. The van der Waals surface area contributed by atoms with Crippen LogP contribution < -0.4 is 0 Å². The Morgan fingerprint density at radius 3 is 2.73 bits per heavy atom. The molecule has 0 aromatic heterocycles. The minimum atomic E-state index is 0.398. The summed E-state index contributed by atoms with van der Waals surface area (Å²) in [6.07, 6.45) is 1.69. The lowest BCUT2D eigenvalue weighted by atomic mass is 10.2. The Morgan fingerprint density at radius 1 is 1.20 bits per heavy atom. The lowest BCUT2D eigenvalue weighted by molar-refractivity contribution is 0.199. The van der Waals surface area contributed by atoms with Crippen molar-refractivity contribution in [3.63, 3.8) is 0 Å². The fourth-order valence-corrected chi connectivity index (χ4v) is 0.898. The van der Waals surface area contributed by atoms with E-state index in [4.69, 9.17) is 4.74 Å². The molecule has 0 aliphatic carbocycles.